The number of phosphoric acid groups is 1. The highest BCUT2D eigenvalue weighted by atomic mass is 35.5. The molecule has 3 N–H and O–H groups in total. The largest absolute Gasteiger partial charge is 0.524 e. The third kappa shape index (κ3) is 4.59. The van der Waals surface area contributed by atoms with E-state index in [1.165, 1.54) is 25.3 Å². The Labute approximate surface area is 159 Å². The summed E-state index contributed by atoms with van der Waals surface area (Å²) < 4.78 is 21.2. The number of hydrogen-bond donors (Lipinski definition) is 3. The third-order valence-corrected chi connectivity index (χ3v) is 4.39. The molecule has 1 amide bonds. The average molecular weight is 408 g/mol. The van der Waals surface area contributed by atoms with E-state index in [-0.39, 0.29) is 11.3 Å². The molecule has 0 aromatic heterocycles. The van der Waals surface area contributed by atoms with Crippen LogP contribution < -0.4 is 14.6 Å². The number of anilines is 1. The minimum atomic E-state index is -4.86. The van der Waals surface area contributed by atoms with Gasteiger partial charge in [0.2, 0.25) is 0 Å². The number of ether oxygens (including phenoxy) is 1. The summed E-state index contributed by atoms with van der Waals surface area (Å²) in [5.74, 6) is -0.490. The van der Waals surface area contributed by atoms with Crippen molar-refractivity contribution in [1.29, 1.82) is 0 Å². The van der Waals surface area contributed by atoms with Gasteiger partial charge in [-0.05, 0) is 41.1 Å². The van der Waals surface area contributed by atoms with Crippen LogP contribution in [-0.2, 0) is 4.57 Å². The van der Waals surface area contributed by atoms with Crippen LogP contribution in [0.3, 0.4) is 0 Å². The number of benzene rings is 3. The van der Waals surface area contributed by atoms with Gasteiger partial charge in [0.1, 0.15) is 11.5 Å². The van der Waals surface area contributed by atoms with E-state index < -0.39 is 13.7 Å². The summed E-state index contributed by atoms with van der Waals surface area (Å²) >= 11 is 5.97. The minimum Gasteiger partial charge on any atom is -0.495 e. The molecule has 0 bridgehead atoms. The van der Waals surface area contributed by atoms with E-state index in [2.05, 4.69) is 5.32 Å². The third-order valence-electron chi connectivity index (χ3n) is 3.72. The van der Waals surface area contributed by atoms with E-state index in [9.17, 15) is 19.1 Å². The van der Waals surface area contributed by atoms with Gasteiger partial charge in [-0.15, -0.1) is 0 Å². The SMILES string of the molecule is COc1ccc(Cl)cc1NC(=O)c1cc2ccccc2cc1OP(=O)(O)O. The zero-order valence-electron chi connectivity index (χ0n) is 14.0. The summed E-state index contributed by atoms with van der Waals surface area (Å²) in [5, 5.41) is 4.39. The molecule has 27 heavy (non-hydrogen) atoms. The van der Waals surface area contributed by atoms with Crippen molar-refractivity contribution in [3.8, 4) is 11.5 Å². The fourth-order valence-electron chi connectivity index (χ4n) is 2.57. The van der Waals surface area contributed by atoms with Crippen LogP contribution in [0.25, 0.3) is 10.8 Å². The summed E-state index contributed by atoms with van der Waals surface area (Å²) in [7, 11) is -3.42. The molecule has 0 saturated heterocycles. The van der Waals surface area contributed by atoms with Gasteiger partial charge >= 0.3 is 7.82 Å². The number of methoxy groups -OCH3 is 1. The predicted octanol–water partition coefficient (Wildman–Crippen LogP) is 4.23. The van der Waals surface area contributed by atoms with Gasteiger partial charge in [-0.1, -0.05) is 35.9 Å². The molecule has 0 fully saturated rings. The molecular weight excluding hydrogens is 393 g/mol. The highest BCUT2D eigenvalue weighted by Crippen LogP contribution is 2.41. The van der Waals surface area contributed by atoms with E-state index in [0.29, 0.717) is 27.2 Å². The summed E-state index contributed by atoms with van der Waals surface area (Å²) in [5.41, 5.74) is 0.268. The highest BCUT2D eigenvalue weighted by Gasteiger charge is 2.23. The minimum absolute atomic E-state index is 0.0425. The standard InChI is InChI=1S/C18H15ClNO6P/c1-25-16-7-6-13(19)10-15(16)20-18(21)14-8-11-4-2-3-5-12(11)9-17(14)26-27(22,23)24/h2-10H,1H3,(H,20,21)(H2,22,23,24). The first-order chi connectivity index (χ1) is 12.8. The van der Waals surface area contributed by atoms with Crippen LogP contribution in [0.4, 0.5) is 5.69 Å². The number of carbonyl (C=O) groups is 1. The molecule has 7 nitrogen and oxygen atoms in total. The smallest absolute Gasteiger partial charge is 0.495 e. The number of hydrogen-bond acceptors (Lipinski definition) is 4. The number of rotatable bonds is 5. The molecule has 3 aromatic rings. The van der Waals surface area contributed by atoms with Crippen LogP contribution in [-0.4, -0.2) is 22.8 Å². The molecule has 0 aliphatic heterocycles. The molecule has 0 unspecified atom stereocenters. The lowest BCUT2D eigenvalue weighted by Crippen LogP contribution is -2.14. The summed E-state index contributed by atoms with van der Waals surface area (Å²) in [6, 6.07) is 14.7. The molecule has 0 radical (unpaired) electrons. The molecule has 3 aromatic carbocycles. The lowest BCUT2D eigenvalue weighted by Gasteiger charge is -2.15. The van der Waals surface area contributed by atoms with Gasteiger partial charge in [-0.3, -0.25) is 14.6 Å². The quantitative estimate of drug-likeness (QED) is 0.547. The maximum Gasteiger partial charge on any atom is 0.524 e. The Bertz CT molecular complexity index is 1060. The Hall–Kier alpha value is -2.57. The van der Waals surface area contributed by atoms with E-state index in [4.69, 9.17) is 20.9 Å². The Morgan fingerprint density at radius 3 is 2.33 bits per heavy atom. The zero-order valence-corrected chi connectivity index (χ0v) is 15.7. The van der Waals surface area contributed by atoms with Crippen molar-refractivity contribution < 1.29 is 28.4 Å². The fraction of sp³-hybridized carbons (Fsp3) is 0.0556. The number of fused-ring (bicyclic) bond motifs is 1. The van der Waals surface area contributed by atoms with Crippen molar-refractivity contribution in [3.05, 3.63) is 65.2 Å². The van der Waals surface area contributed by atoms with Crippen molar-refractivity contribution in [1.82, 2.24) is 0 Å². The van der Waals surface area contributed by atoms with Crippen LogP contribution >= 0.6 is 19.4 Å². The molecule has 0 heterocycles. The first kappa shape index (κ1) is 19.2. The second-order valence-electron chi connectivity index (χ2n) is 5.58. The van der Waals surface area contributed by atoms with Crippen molar-refractivity contribution in [2.45, 2.75) is 0 Å². The van der Waals surface area contributed by atoms with Crippen LogP contribution in [0.15, 0.2) is 54.6 Å². The van der Waals surface area contributed by atoms with E-state index in [1.54, 1.807) is 36.4 Å². The highest BCUT2D eigenvalue weighted by molar-refractivity contribution is 7.46. The average Bonchev–Trinajstić information content (AvgIpc) is 2.60. The normalized spacial score (nSPS) is 11.3. The number of nitrogens with one attached hydrogen (secondary N) is 1. The molecular formula is C18H15ClNO6P. The van der Waals surface area contributed by atoms with Crippen molar-refractivity contribution in [2.24, 2.45) is 0 Å². The fourth-order valence-corrected chi connectivity index (χ4v) is 3.15. The maximum atomic E-state index is 12.8. The number of halogens is 1. The molecule has 9 heteroatoms. The second-order valence-corrected chi connectivity index (χ2v) is 7.18. The van der Waals surface area contributed by atoms with Crippen molar-refractivity contribution in [3.63, 3.8) is 0 Å². The Morgan fingerprint density at radius 2 is 1.70 bits per heavy atom. The summed E-state index contributed by atoms with van der Waals surface area (Å²) in [6.45, 7) is 0. The Kier molecular flexibility index (Phi) is 5.39. The van der Waals surface area contributed by atoms with Gasteiger partial charge in [0.15, 0.2) is 0 Å². The Morgan fingerprint density at radius 1 is 1.04 bits per heavy atom. The van der Waals surface area contributed by atoms with Crippen LogP contribution in [0, 0.1) is 0 Å². The first-order valence-corrected chi connectivity index (χ1v) is 9.60. The van der Waals surface area contributed by atoms with Crippen LogP contribution in [0.2, 0.25) is 5.02 Å². The van der Waals surface area contributed by atoms with Crippen molar-refractivity contribution >= 4 is 41.8 Å². The van der Waals surface area contributed by atoms with Gasteiger partial charge in [-0.2, -0.15) is 0 Å². The molecule has 0 saturated carbocycles. The van der Waals surface area contributed by atoms with Gasteiger partial charge < -0.3 is 14.6 Å². The number of amides is 1. The van der Waals surface area contributed by atoms with E-state index in [1.807, 2.05) is 0 Å². The van der Waals surface area contributed by atoms with E-state index in [0.717, 1.165) is 0 Å². The Balaban J connectivity index is 2.06. The van der Waals surface area contributed by atoms with Gasteiger partial charge in [-0.25, -0.2) is 4.57 Å². The molecule has 0 aliphatic carbocycles. The molecule has 0 spiro atoms. The number of carbonyl (C=O) groups excluding carboxylic acids is 1. The van der Waals surface area contributed by atoms with Crippen molar-refractivity contribution in [2.75, 3.05) is 12.4 Å². The van der Waals surface area contributed by atoms with E-state index >= 15 is 0 Å². The second kappa shape index (κ2) is 7.58. The lowest BCUT2D eigenvalue weighted by molar-refractivity contribution is 0.102. The van der Waals surface area contributed by atoms with Gasteiger partial charge in [0, 0.05) is 5.02 Å². The summed E-state index contributed by atoms with van der Waals surface area (Å²) in [4.78, 5) is 31.2. The monoisotopic (exact) mass is 407 g/mol. The molecule has 0 atom stereocenters. The first-order valence-electron chi connectivity index (χ1n) is 7.69. The van der Waals surface area contributed by atoms with Gasteiger partial charge in [0.05, 0.1) is 18.4 Å². The number of phosphoric ester groups is 1. The zero-order chi connectivity index (χ0) is 19.6. The maximum absolute atomic E-state index is 12.8. The molecule has 0 aliphatic rings. The van der Waals surface area contributed by atoms with Crippen LogP contribution in [0.1, 0.15) is 10.4 Å². The van der Waals surface area contributed by atoms with Crippen LogP contribution in [0.5, 0.6) is 11.5 Å². The summed E-state index contributed by atoms with van der Waals surface area (Å²) in [6.07, 6.45) is 0. The van der Waals surface area contributed by atoms with Gasteiger partial charge in [0.25, 0.3) is 5.91 Å². The topological polar surface area (TPSA) is 105 Å². The molecule has 140 valence electrons. The lowest BCUT2D eigenvalue weighted by atomic mass is 10.1. The molecule has 3 rings (SSSR count). The predicted molar refractivity (Wildman–Crippen MR) is 103 cm³/mol.